The van der Waals surface area contributed by atoms with E-state index in [2.05, 4.69) is 4.99 Å². The van der Waals surface area contributed by atoms with E-state index in [4.69, 9.17) is 23.1 Å². The third-order valence-corrected chi connectivity index (χ3v) is 10.6. The lowest BCUT2D eigenvalue weighted by Crippen LogP contribution is -2.24. The maximum atomic E-state index is 12.3. The molecule has 0 aliphatic rings. The van der Waals surface area contributed by atoms with Crippen molar-refractivity contribution in [2.45, 2.75) is 74.7 Å². The number of halogens is 1. The molecule has 1 amide bonds. The number of carbonyl (C=O) groups excluding carboxylic acids is 2. The number of nitrogens with two attached hydrogens (primary N) is 2. The number of aryl methyl sites for hydroxylation is 2. The van der Waals surface area contributed by atoms with Crippen molar-refractivity contribution in [3.05, 3.63) is 66.7 Å². The van der Waals surface area contributed by atoms with E-state index in [1.807, 2.05) is 0 Å². The first-order chi connectivity index (χ1) is 19.6. The van der Waals surface area contributed by atoms with Gasteiger partial charge in [-0.1, -0.05) is 13.8 Å². The molecule has 2 rings (SSSR count). The van der Waals surface area contributed by atoms with E-state index in [0.717, 1.165) is 18.2 Å². The van der Waals surface area contributed by atoms with Gasteiger partial charge in [-0.05, 0) is 75.4 Å². The predicted molar refractivity (Wildman–Crippen MR) is 160 cm³/mol. The first kappa shape index (κ1) is 37.1. The van der Waals surface area contributed by atoms with Gasteiger partial charge in [0.1, 0.15) is 9.79 Å². The first-order valence-corrected chi connectivity index (χ1v) is 16.1. The van der Waals surface area contributed by atoms with Crippen molar-refractivity contribution in [2.24, 2.45) is 16.5 Å². The van der Waals surface area contributed by atoms with Crippen molar-refractivity contribution in [2.75, 3.05) is 0 Å². The van der Waals surface area contributed by atoms with Crippen LogP contribution in [0.5, 0.6) is 0 Å². The van der Waals surface area contributed by atoms with Gasteiger partial charge in [0.15, 0.2) is 25.6 Å². The lowest BCUT2D eigenvalue weighted by molar-refractivity contribution is -0.388. The molecule has 15 nitrogen and oxygen atoms in total. The minimum absolute atomic E-state index is 0.0384. The molecule has 0 radical (unpaired) electrons. The van der Waals surface area contributed by atoms with Crippen LogP contribution in [0.15, 0.2) is 39.0 Å². The fourth-order valence-electron chi connectivity index (χ4n) is 3.61. The zero-order valence-electron chi connectivity index (χ0n) is 24.2. The highest BCUT2D eigenvalue weighted by Gasteiger charge is 2.32. The van der Waals surface area contributed by atoms with Crippen LogP contribution in [0.2, 0.25) is 0 Å². The van der Waals surface area contributed by atoms with Crippen LogP contribution in [0.3, 0.4) is 0 Å². The Morgan fingerprint density at radius 2 is 1.14 bits per heavy atom. The Hall–Kier alpha value is -3.96. The molecule has 236 valence electrons. The summed E-state index contributed by atoms with van der Waals surface area (Å²) in [6.07, 6.45) is 0.617. The zero-order chi connectivity index (χ0) is 33.6. The summed E-state index contributed by atoms with van der Waals surface area (Å²) in [6.45, 7) is 9.10. The molecular weight excluding hydrogens is 630 g/mol. The number of carbonyl (C=O) groups is 2. The maximum absolute atomic E-state index is 12.3. The molecule has 0 heterocycles. The topological polar surface area (TPSA) is 253 Å². The molecule has 0 fully saturated rings. The zero-order valence-corrected chi connectivity index (χ0v) is 26.5. The highest BCUT2D eigenvalue weighted by Crippen LogP contribution is 2.32. The molecule has 2 aromatic rings. The molecule has 0 saturated carbocycles. The summed E-state index contributed by atoms with van der Waals surface area (Å²) in [5, 5.41) is 19.8. The van der Waals surface area contributed by atoms with E-state index < -0.39 is 73.4 Å². The Morgan fingerprint density at radius 3 is 1.42 bits per heavy atom. The highest BCUT2D eigenvalue weighted by atomic mass is 35.5. The Bertz CT molecular complexity index is 1700. The summed E-state index contributed by atoms with van der Waals surface area (Å²) in [4.78, 5) is 46.4. The largest absolute Gasteiger partial charge is 0.370 e. The van der Waals surface area contributed by atoms with Gasteiger partial charge in [0.2, 0.25) is 0 Å². The minimum Gasteiger partial charge on any atom is -0.370 e. The van der Waals surface area contributed by atoms with Crippen molar-refractivity contribution in [3.63, 3.8) is 0 Å². The van der Waals surface area contributed by atoms with E-state index in [1.54, 1.807) is 13.8 Å². The van der Waals surface area contributed by atoms with E-state index in [-0.39, 0.29) is 22.4 Å². The SMILES string of the molecule is CCc1cc(S(=O)(=O)C(C)C)c([N+](=O)[O-])cc1C(=O)Cl.CCc1cc(S(=O)(=O)C(C)C)c([N+](=O)[O-])cc1C(=O)N=C(N)N. The second-order valence-corrected chi connectivity index (χ2v) is 14.8. The summed E-state index contributed by atoms with van der Waals surface area (Å²) in [5.41, 5.74) is 9.51. The third-order valence-electron chi connectivity index (χ3n) is 6.05. The van der Waals surface area contributed by atoms with Crippen LogP contribution in [-0.2, 0) is 32.5 Å². The summed E-state index contributed by atoms with van der Waals surface area (Å²) in [6, 6.07) is 4.15. The number of nitro groups is 2. The van der Waals surface area contributed by atoms with Crippen molar-refractivity contribution in [3.8, 4) is 0 Å². The molecule has 18 heteroatoms. The molecule has 0 bridgehead atoms. The van der Waals surface area contributed by atoms with Gasteiger partial charge in [0, 0.05) is 17.7 Å². The number of aliphatic imine (C=N–C) groups is 1. The van der Waals surface area contributed by atoms with Gasteiger partial charge in [-0.25, -0.2) is 16.8 Å². The smallest absolute Gasteiger partial charge is 0.288 e. The van der Waals surface area contributed by atoms with Crippen LogP contribution in [0.1, 0.15) is 73.4 Å². The van der Waals surface area contributed by atoms with Crippen LogP contribution < -0.4 is 11.5 Å². The highest BCUT2D eigenvalue weighted by molar-refractivity contribution is 7.92. The van der Waals surface area contributed by atoms with Gasteiger partial charge in [0.05, 0.1) is 25.9 Å². The molecule has 0 aromatic heterocycles. The molecule has 2 aromatic carbocycles. The molecule has 0 unspecified atom stereocenters. The van der Waals surface area contributed by atoms with Crippen molar-refractivity contribution in [1.29, 1.82) is 0 Å². The molecule has 43 heavy (non-hydrogen) atoms. The van der Waals surface area contributed by atoms with Gasteiger partial charge >= 0.3 is 0 Å². The minimum atomic E-state index is -3.89. The Kier molecular flexibility index (Phi) is 12.5. The molecule has 0 spiro atoms. The van der Waals surface area contributed by atoms with Crippen LogP contribution in [0, 0.1) is 20.2 Å². The van der Waals surface area contributed by atoms with Gasteiger partial charge in [0.25, 0.3) is 22.5 Å². The number of guanidine groups is 1. The number of benzene rings is 2. The fourth-order valence-corrected chi connectivity index (χ4v) is 6.27. The van der Waals surface area contributed by atoms with Crippen molar-refractivity contribution >= 4 is 59.8 Å². The molecule has 0 aliphatic carbocycles. The quantitative estimate of drug-likeness (QED) is 0.122. The number of rotatable bonds is 10. The Balaban J connectivity index is 0.000000434. The standard InChI is InChI=1S/C13H18N4O5S.C12H14ClNO5S/c1-4-8-5-11(23(21,22)7(2)3)10(17(19)20)6-9(8)12(18)16-13(14)15;1-4-8-5-11(20(18,19)7(2)3)10(14(16)17)6-9(8)12(13)15/h5-7H,4H2,1-3H3,(H4,14,15,16,18);5-7H,4H2,1-3H3. The molecule has 0 aliphatic heterocycles. The monoisotopic (exact) mass is 661 g/mol. The van der Waals surface area contributed by atoms with Crippen molar-refractivity contribution < 1.29 is 36.3 Å². The maximum Gasteiger partial charge on any atom is 0.288 e. The number of nitrogens with zero attached hydrogens (tertiary/aromatic N) is 3. The lowest BCUT2D eigenvalue weighted by Gasteiger charge is -2.12. The van der Waals surface area contributed by atoms with Gasteiger partial charge < -0.3 is 11.5 Å². The average Bonchev–Trinajstić information content (AvgIpc) is 2.90. The summed E-state index contributed by atoms with van der Waals surface area (Å²) in [5.74, 6) is -1.35. The van der Waals surface area contributed by atoms with Gasteiger partial charge in [-0.3, -0.25) is 29.8 Å². The van der Waals surface area contributed by atoms with Gasteiger partial charge in [-0.15, -0.1) is 0 Å². The first-order valence-electron chi connectivity index (χ1n) is 12.6. The summed E-state index contributed by atoms with van der Waals surface area (Å²) in [7, 11) is -7.71. The number of amides is 1. The van der Waals surface area contributed by atoms with Crippen molar-refractivity contribution in [1.82, 2.24) is 0 Å². The number of nitro benzene ring substituents is 2. The van der Waals surface area contributed by atoms with Crippen LogP contribution in [0.4, 0.5) is 11.4 Å². The number of hydrogen-bond donors (Lipinski definition) is 2. The van der Waals surface area contributed by atoms with E-state index in [1.165, 1.54) is 33.8 Å². The Labute approximate surface area is 253 Å². The third kappa shape index (κ3) is 8.55. The average molecular weight is 662 g/mol. The molecule has 4 N–H and O–H groups in total. The summed E-state index contributed by atoms with van der Waals surface area (Å²) >= 11 is 5.38. The van der Waals surface area contributed by atoms with Crippen LogP contribution in [-0.4, -0.2) is 54.3 Å². The van der Waals surface area contributed by atoms with Crippen LogP contribution >= 0.6 is 11.6 Å². The summed E-state index contributed by atoms with van der Waals surface area (Å²) < 4.78 is 49.0. The molecule has 0 saturated heterocycles. The van der Waals surface area contributed by atoms with Crippen LogP contribution in [0.25, 0.3) is 0 Å². The second kappa shape index (κ2) is 14.5. The second-order valence-electron chi connectivity index (χ2n) is 9.48. The van der Waals surface area contributed by atoms with Gasteiger partial charge in [-0.2, -0.15) is 4.99 Å². The normalized spacial score (nSPS) is 11.5. The molecular formula is C25H32ClN5O10S2. The predicted octanol–water partition coefficient (Wildman–Crippen LogP) is 3.47. The fraction of sp³-hybridized carbons (Fsp3) is 0.400. The van der Waals surface area contributed by atoms with E-state index >= 15 is 0 Å². The number of sulfone groups is 2. The van der Waals surface area contributed by atoms with E-state index in [0.29, 0.717) is 17.5 Å². The molecule has 0 atom stereocenters. The van der Waals surface area contributed by atoms with E-state index in [9.17, 15) is 46.7 Å². The lowest BCUT2D eigenvalue weighted by atomic mass is 10.0. The Morgan fingerprint density at radius 1 is 0.791 bits per heavy atom. The number of hydrogen-bond acceptors (Lipinski definition) is 10.